The van der Waals surface area contributed by atoms with E-state index in [-0.39, 0.29) is 18.4 Å². The summed E-state index contributed by atoms with van der Waals surface area (Å²) in [6, 6.07) is 7.43. The molecule has 1 heterocycles. The van der Waals surface area contributed by atoms with Gasteiger partial charge in [0.15, 0.2) is 0 Å². The van der Waals surface area contributed by atoms with Gasteiger partial charge in [-0.25, -0.2) is 0 Å². The van der Waals surface area contributed by atoms with Crippen LogP contribution in [0.3, 0.4) is 0 Å². The van der Waals surface area contributed by atoms with E-state index in [2.05, 4.69) is 15.9 Å². The Morgan fingerprint density at radius 3 is 2.76 bits per heavy atom. The third kappa shape index (κ3) is 4.89. The summed E-state index contributed by atoms with van der Waals surface area (Å²) in [5.74, 6) is 0.555. The van der Waals surface area contributed by atoms with Gasteiger partial charge in [0.05, 0.1) is 12.5 Å². The SMILES string of the molecule is O=C(O)CC1CSCCN1C(=O)C=Cc1ccc(Br)cc1. The minimum absolute atomic E-state index is 0.00483. The zero-order chi connectivity index (χ0) is 15.2. The van der Waals surface area contributed by atoms with Crippen molar-refractivity contribution in [2.24, 2.45) is 0 Å². The maximum atomic E-state index is 12.3. The van der Waals surface area contributed by atoms with Gasteiger partial charge in [-0.05, 0) is 23.8 Å². The third-order valence-corrected chi connectivity index (χ3v) is 4.83. The number of hydrogen-bond acceptors (Lipinski definition) is 3. The van der Waals surface area contributed by atoms with Crippen molar-refractivity contribution in [3.63, 3.8) is 0 Å². The van der Waals surface area contributed by atoms with Crippen LogP contribution >= 0.6 is 27.7 Å². The fourth-order valence-corrected chi connectivity index (χ4v) is 3.48. The predicted molar refractivity (Wildman–Crippen MR) is 88.3 cm³/mol. The van der Waals surface area contributed by atoms with E-state index in [1.807, 2.05) is 24.3 Å². The van der Waals surface area contributed by atoms with Gasteiger partial charge >= 0.3 is 5.97 Å². The van der Waals surface area contributed by atoms with Gasteiger partial charge < -0.3 is 10.0 Å². The summed E-state index contributed by atoms with van der Waals surface area (Å²) in [5.41, 5.74) is 0.938. The van der Waals surface area contributed by atoms with Gasteiger partial charge in [-0.3, -0.25) is 9.59 Å². The number of amides is 1. The molecule has 6 heteroatoms. The number of thioether (sulfide) groups is 1. The molecule has 0 aromatic heterocycles. The van der Waals surface area contributed by atoms with Crippen LogP contribution in [0.4, 0.5) is 0 Å². The Labute approximate surface area is 136 Å². The van der Waals surface area contributed by atoms with Gasteiger partial charge in [0, 0.05) is 28.6 Å². The van der Waals surface area contributed by atoms with Crippen LogP contribution in [-0.2, 0) is 9.59 Å². The second-order valence-electron chi connectivity index (χ2n) is 4.74. The fraction of sp³-hybridized carbons (Fsp3) is 0.333. The summed E-state index contributed by atoms with van der Waals surface area (Å²) in [7, 11) is 0. The van der Waals surface area contributed by atoms with Crippen LogP contribution in [0.2, 0.25) is 0 Å². The zero-order valence-corrected chi connectivity index (χ0v) is 13.8. The molecular formula is C15H16BrNO3S. The number of aliphatic carboxylic acids is 1. The number of carbonyl (C=O) groups is 2. The molecule has 2 rings (SSSR count). The first-order valence-corrected chi connectivity index (χ1v) is 8.55. The molecule has 21 heavy (non-hydrogen) atoms. The molecule has 1 aliphatic heterocycles. The second kappa shape index (κ2) is 7.66. The number of benzene rings is 1. The van der Waals surface area contributed by atoms with E-state index in [4.69, 9.17) is 5.11 Å². The maximum absolute atomic E-state index is 12.3. The first-order chi connectivity index (χ1) is 10.1. The largest absolute Gasteiger partial charge is 0.481 e. The van der Waals surface area contributed by atoms with Crippen molar-refractivity contribution in [3.8, 4) is 0 Å². The van der Waals surface area contributed by atoms with Gasteiger partial charge in [0.2, 0.25) is 5.91 Å². The smallest absolute Gasteiger partial charge is 0.305 e. The molecule has 0 spiro atoms. The van der Waals surface area contributed by atoms with Crippen molar-refractivity contribution in [2.45, 2.75) is 12.5 Å². The summed E-state index contributed by atoms with van der Waals surface area (Å²) in [6.45, 7) is 0.603. The lowest BCUT2D eigenvalue weighted by atomic mass is 10.1. The molecule has 4 nitrogen and oxygen atoms in total. The molecule has 1 aromatic rings. The van der Waals surface area contributed by atoms with E-state index in [1.54, 1.807) is 22.7 Å². The summed E-state index contributed by atoms with van der Waals surface area (Å²) in [5, 5.41) is 8.93. The van der Waals surface area contributed by atoms with Crippen LogP contribution in [0.15, 0.2) is 34.8 Å². The van der Waals surface area contributed by atoms with Gasteiger partial charge in [-0.1, -0.05) is 28.1 Å². The molecule has 1 unspecified atom stereocenters. The fourth-order valence-electron chi connectivity index (χ4n) is 2.15. The van der Waals surface area contributed by atoms with Crippen molar-refractivity contribution in [3.05, 3.63) is 40.4 Å². The molecule has 1 aromatic carbocycles. The van der Waals surface area contributed by atoms with Crippen molar-refractivity contribution >= 4 is 45.6 Å². The number of hydrogen-bond donors (Lipinski definition) is 1. The lowest BCUT2D eigenvalue weighted by Crippen LogP contribution is -2.46. The molecule has 1 amide bonds. The highest BCUT2D eigenvalue weighted by Crippen LogP contribution is 2.20. The molecule has 112 valence electrons. The Balaban J connectivity index is 2.03. The van der Waals surface area contributed by atoms with E-state index in [9.17, 15) is 9.59 Å². The summed E-state index contributed by atoms with van der Waals surface area (Å²) < 4.78 is 0.987. The average Bonchev–Trinajstić information content (AvgIpc) is 2.46. The van der Waals surface area contributed by atoms with Crippen LogP contribution in [0, 0.1) is 0 Å². The van der Waals surface area contributed by atoms with Gasteiger partial charge in [-0.2, -0.15) is 11.8 Å². The van der Waals surface area contributed by atoms with Crippen LogP contribution in [-0.4, -0.2) is 46.0 Å². The quantitative estimate of drug-likeness (QED) is 0.829. The van der Waals surface area contributed by atoms with E-state index in [0.717, 1.165) is 15.8 Å². The van der Waals surface area contributed by atoms with Crippen LogP contribution in [0.25, 0.3) is 6.08 Å². The Morgan fingerprint density at radius 2 is 2.10 bits per heavy atom. The van der Waals surface area contributed by atoms with Crippen molar-refractivity contribution in [1.29, 1.82) is 0 Å². The molecule has 0 bridgehead atoms. The second-order valence-corrected chi connectivity index (χ2v) is 6.81. The number of rotatable bonds is 4. The Kier molecular flexibility index (Phi) is 5.87. The minimum atomic E-state index is -0.864. The first-order valence-electron chi connectivity index (χ1n) is 6.60. The van der Waals surface area contributed by atoms with Crippen LogP contribution < -0.4 is 0 Å². The summed E-state index contributed by atoms with van der Waals surface area (Å²) in [6.07, 6.45) is 3.29. The number of carboxylic acid groups (broad SMARTS) is 1. The topological polar surface area (TPSA) is 57.6 Å². The lowest BCUT2D eigenvalue weighted by Gasteiger charge is -2.33. The standard InChI is InChI=1S/C15H16BrNO3S/c16-12-4-1-11(2-5-12)3-6-14(18)17-7-8-21-10-13(17)9-15(19)20/h1-6,13H,7-10H2,(H,19,20). The van der Waals surface area contributed by atoms with Crippen LogP contribution in [0.5, 0.6) is 0 Å². The minimum Gasteiger partial charge on any atom is -0.481 e. The molecule has 1 fully saturated rings. The summed E-state index contributed by atoms with van der Waals surface area (Å²) >= 11 is 5.06. The third-order valence-electron chi connectivity index (χ3n) is 3.21. The number of halogens is 1. The number of nitrogens with zero attached hydrogens (tertiary/aromatic N) is 1. The molecular weight excluding hydrogens is 354 g/mol. The van der Waals surface area contributed by atoms with Gasteiger partial charge in [0.1, 0.15) is 0 Å². The highest BCUT2D eigenvalue weighted by molar-refractivity contribution is 9.10. The molecule has 1 atom stereocenters. The van der Waals surface area contributed by atoms with E-state index in [0.29, 0.717) is 12.3 Å². The lowest BCUT2D eigenvalue weighted by molar-refractivity contribution is -0.139. The molecule has 1 N–H and O–H groups in total. The normalized spacial score (nSPS) is 18.9. The Hall–Kier alpha value is -1.27. The van der Waals surface area contributed by atoms with Crippen molar-refractivity contribution in [2.75, 3.05) is 18.1 Å². The van der Waals surface area contributed by atoms with E-state index >= 15 is 0 Å². The maximum Gasteiger partial charge on any atom is 0.305 e. The van der Waals surface area contributed by atoms with Crippen molar-refractivity contribution < 1.29 is 14.7 Å². The predicted octanol–water partition coefficient (Wildman–Crippen LogP) is 2.88. The number of carboxylic acids is 1. The van der Waals surface area contributed by atoms with Gasteiger partial charge in [0.25, 0.3) is 0 Å². The molecule has 1 saturated heterocycles. The Bertz CT molecular complexity index is 544. The monoisotopic (exact) mass is 369 g/mol. The molecule has 1 aliphatic rings. The first kappa shape index (κ1) is 16.1. The highest BCUT2D eigenvalue weighted by Gasteiger charge is 2.27. The Morgan fingerprint density at radius 1 is 1.38 bits per heavy atom. The zero-order valence-electron chi connectivity index (χ0n) is 11.4. The molecule has 0 saturated carbocycles. The molecule has 0 aliphatic carbocycles. The van der Waals surface area contributed by atoms with Crippen LogP contribution in [0.1, 0.15) is 12.0 Å². The van der Waals surface area contributed by atoms with Gasteiger partial charge in [-0.15, -0.1) is 0 Å². The average molecular weight is 370 g/mol. The summed E-state index contributed by atoms with van der Waals surface area (Å²) in [4.78, 5) is 24.8. The highest BCUT2D eigenvalue weighted by atomic mass is 79.9. The van der Waals surface area contributed by atoms with Crippen molar-refractivity contribution in [1.82, 2.24) is 4.90 Å². The molecule has 0 radical (unpaired) electrons. The number of carbonyl (C=O) groups excluding carboxylic acids is 1. The van der Waals surface area contributed by atoms with E-state index < -0.39 is 5.97 Å². The van der Waals surface area contributed by atoms with E-state index in [1.165, 1.54) is 6.08 Å².